The lowest BCUT2D eigenvalue weighted by Crippen LogP contribution is -2.34. The normalized spacial score (nSPS) is 11.5. The summed E-state index contributed by atoms with van der Waals surface area (Å²) in [4.78, 5) is 2.23. The molecular weight excluding hydrogens is 302 g/mol. The van der Waals surface area contributed by atoms with Crippen molar-refractivity contribution in [1.82, 2.24) is 4.90 Å². The Morgan fingerprint density at radius 3 is 1.35 bits per heavy atom. The van der Waals surface area contributed by atoms with Crippen molar-refractivity contribution in [3.8, 4) is 0 Å². The van der Waals surface area contributed by atoms with Crippen LogP contribution in [-0.4, -0.2) is 102 Å². The summed E-state index contributed by atoms with van der Waals surface area (Å²) in [6.45, 7) is 12.7. The number of ether oxygens (including phenoxy) is 5. The van der Waals surface area contributed by atoms with Crippen molar-refractivity contribution in [1.29, 1.82) is 0 Å². The van der Waals surface area contributed by atoms with E-state index in [1.807, 2.05) is 13.8 Å². The van der Waals surface area contributed by atoms with Crippen LogP contribution < -0.4 is 0 Å². The van der Waals surface area contributed by atoms with Crippen LogP contribution in [-0.2, 0) is 23.7 Å². The molecule has 0 heterocycles. The molecule has 0 aromatic heterocycles. The molecule has 0 saturated heterocycles. The van der Waals surface area contributed by atoms with Gasteiger partial charge in [0, 0.05) is 32.8 Å². The minimum atomic E-state index is 0.0566. The van der Waals surface area contributed by atoms with Gasteiger partial charge in [0.25, 0.3) is 0 Å². The highest BCUT2D eigenvalue weighted by atomic mass is 16.5. The van der Waals surface area contributed by atoms with E-state index in [4.69, 9.17) is 28.8 Å². The van der Waals surface area contributed by atoms with Gasteiger partial charge in [0.15, 0.2) is 0 Å². The molecule has 0 unspecified atom stereocenters. The van der Waals surface area contributed by atoms with Gasteiger partial charge in [0.1, 0.15) is 0 Å². The maximum atomic E-state index is 8.72. The summed E-state index contributed by atoms with van der Waals surface area (Å²) in [6.07, 6.45) is 0. The smallest absolute Gasteiger partial charge is 0.0701 e. The van der Waals surface area contributed by atoms with E-state index in [2.05, 4.69) is 4.90 Å². The van der Waals surface area contributed by atoms with Crippen LogP contribution in [0.1, 0.15) is 13.8 Å². The molecule has 0 fully saturated rings. The maximum absolute atomic E-state index is 8.72. The van der Waals surface area contributed by atoms with Gasteiger partial charge in [-0.3, -0.25) is 4.90 Å². The Hall–Kier alpha value is -0.280. The van der Waals surface area contributed by atoms with Crippen LogP contribution in [0, 0.1) is 0 Å². The molecule has 0 spiro atoms. The van der Waals surface area contributed by atoms with E-state index in [-0.39, 0.29) is 6.61 Å². The Morgan fingerprint density at radius 2 is 0.957 bits per heavy atom. The lowest BCUT2D eigenvalue weighted by molar-refractivity contribution is 0.0176. The van der Waals surface area contributed by atoms with Crippen molar-refractivity contribution >= 4 is 0 Å². The Bertz CT molecular complexity index is 205. The van der Waals surface area contributed by atoms with E-state index >= 15 is 0 Å². The second-order valence-electron chi connectivity index (χ2n) is 4.80. The number of aliphatic hydroxyl groups excluding tert-OH is 1. The first-order valence-corrected chi connectivity index (χ1v) is 8.57. The molecule has 7 heteroatoms. The van der Waals surface area contributed by atoms with Crippen molar-refractivity contribution in [3.05, 3.63) is 0 Å². The molecule has 0 aromatic carbocycles. The first-order chi connectivity index (χ1) is 11.3. The van der Waals surface area contributed by atoms with E-state index in [1.54, 1.807) is 0 Å². The van der Waals surface area contributed by atoms with Crippen LogP contribution in [0.5, 0.6) is 0 Å². The van der Waals surface area contributed by atoms with E-state index in [0.717, 1.165) is 32.8 Å². The summed E-state index contributed by atoms with van der Waals surface area (Å²) in [5.41, 5.74) is 0. The van der Waals surface area contributed by atoms with Gasteiger partial charge in [-0.05, 0) is 13.8 Å². The Morgan fingerprint density at radius 1 is 0.565 bits per heavy atom. The van der Waals surface area contributed by atoms with Gasteiger partial charge < -0.3 is 28.8 Å². The first kappa shape index (κ1) is 22.7. The molecule has 0 aliphatic heterocycles. The average Bonchev–Trinajstić information content (AvgIpc) is 2.57. The number of hydrogen-bond acceptors (Lipinski definition) is 7. The van der Waals surface area contributed by atoms with Gasteiger partial charge in [0.05, 0.1) is 59.5 Å². The minimum absolute atomic E-state index is 0.0566. The molecule has 1 N–H and O–H groups in total. The van der Waals surface area contributed by atoms with E-state index in [0.29, 0.717) is 52.9 Å². The van der Waals surface area contributed by atoms with E-state index in [1.165, 1.54) is 0 Å². The molecule has 140 valence electrons. The average molecular weight is 337 g/mol. The number of aliphatic hydroxyl groups is 1. The zero-order valence-electron chi connectivity index (χ0n) is 14.8. The molecule has 0 aliphatic carbocycles. The topological polar surface area (TPSA) is 69.6 Å². The van der Waals surface area contributed by atoms with E-state index in [9.17, 15) is 0 Å². The highest BCUT2D eigenvalue weighted by molar-refractivity contribution is 4.57. The van der Waals surface area contributed by atoms with Crippen molar-refractivity contribution in [2.24, 2.45) is 0 Å². The zero-order chi connectivity index (χ0) is 17.0. The lowest BCUT2D eigenvalue weighted by atomic mass is 10.4. The molecule has 0 rings (SSSR count). The minimum Gasteiger partial charge on any atom is -0.394 e. The predicted molar refractivity (Wildman–Crippen MR) is 89.0 cm³/mol. The van der Waals surface area contributed by atoms with Gasteiger partial charge in [-0.1, -0.05) is 0 Å². The van der Waals surface area contributed by atoms with Crippen LogP contribution in [0.3, 0.4) is 0 Å². The van der Waals surface area contributed by atoms with E-state index < -0.39 is 0 Å². The molecule has 0 aliphatic rings. The fourth-order valence-electron chi connectivity index (χ4n) is 1.81. The molecule has 0 bridgehead atoms. The molecule has 0 saturated carbocycles. The summed E-state index contributed by atoms with van der Waals surface area (Å²) in [5, 5.41) is 8.72. The largest absolute Gasteiger partial charge is 0.394 e. The van der Waals surface area contributed by atoms with Crippen LogP contribution >= 0.6 is 0 Å². The standard InChI is InChI=1S/C16H35NO6/c1-3-19-13-15-22-10-6-17(5-9-21-12-8-18)7-11-23-16-14-20-4-2/h18H,3-16H2,1-2H3. The number of nitrogens with zero attached hydrogens (tertiary/aromatic N) is 1. The van der Waals surface area contributed by atoms with Crippen LogP contribution in [0.4, 0.5) is 0 Å². The van der Waals surface area contributed by atoms with Crippen LogP contribution in [0.2, 0.25) is 0 Å². The zero-order valence-corrected chi connectivity index (χ0v) is 14.8. The highest BCUT2D eigenvalue weighted by Crippen LogP contribution is 1.92. The van der Waals surface area contributed by atoms with Crippen LogP contribution in [0.25, 0.3) is 0 Å². The molecule has 7 nitrogen and oxygen atoms in total. The number of rotatable bonds is 19. The van der Waals surface area contributed by atoms with Crippen molar-refractivity contribution in [2.75, 3.05) is 92.3 Å². The van der Waals surface area contributed by atoms with Crippen LogP contribution in [0.15, 0.2) is 0 Å². The third kappa shape index (κ3) is 17.9. The fourth-order valence-corrected chi connectivity index (χ4v) is 1.81. The summed E-state index contributed by atoms with van der Waals surface area (Å²) in [5.74, 6) is 0. The molecule has 23 heavy (non-hydrogen) atoms. The molecule has 0 atom stereocenters. The van der Waals surface area contributed by atoms with Gasteiger partial charge in [0.2, 0.25) is 0 Å². The maximum Gasteiger partial charge on any atom is 0.0701 e. The fraction of sp³-hybridized carbons (Fsp3) is 1.00. The number of hydrogen-bond donors (Lipinski definition) is 1. The van der Waals surface area contributed by atoms with Gasteiger partial charge in [-0.25, -0.2) is 0 Å². The van der Waals surface area contributed by atoms with Gasteiger partial charge in [-0.2, -0.15) is 0 Å². The highest BCUT2D eigenvalue weighted by Gasteiger charge is 2.05. The van der Waals surface area contributed by atoms with Crippen molar-refractivity contribution in [2.45, 2.75) is 13.8 Å². The van der Waals surface area contributed by atoms with Gasteiger partial charge >= 0.3 is 0 Å². The summed E-state index contributed by atoms with van der Waals surface area (Å²) in [7, 11) is 0. The van der Waals surface area contributed by atoms with Crippen molar-refractivity contribution < 1.29 is 28.8 Å². The summed E-state index contributed by atoms with van der Waals surface area (Å²) in [6, 6.07) is 0. The third-order valence-corrected chi connectivity index (χ3v) is 3.04. The summed E-state index contributed by atoms with van der Waals surface area (Å²) >= 11 is 0. The molecule has 0 amide bonds. The monoisotopic (exact) mass is 337 g/mol. The Labute approximate surface area is 140 Å². The molecular formula is C16H35NO6. The summed E-state index contributed by atoms with van der Waals surface area (Å²) < 4.78 is 26.9. The lowest BCUT2D eigenvalue weighted by Gasteiger charge is -2.22. The molecule has 0 aromatic rings. The van der Waals surface area contributed by atoms with Crippen molar-refractivity contribution in [3.63, 3.8) is 0 Å². The second kappa shape index (κ2) is 19.8. The molecule has 0 radical (unpaired) electrons. The van der Waals surface area contributed by atoms with Gasteiger partial charge in [-0.15, -0.1) is 0 Å². The Kier molecular flexibility index (Phi) is 19.5. The second-order valence-corrected chi connectivity index (χ2v) is 4.80. The SMILES string of the molecule is CCOCCOCCN(CCOCCO)CCOCCOCC. The predicted octanol–water partition coefficient (Wildman–Crippen LogP) is 0.404. The first-order valence-electron chi connectivity index (χ1n) is 8.57. The third-order valence-electron chi connectivity index (χ3n) is 3.04. The quantitative estimate of drug-likeness (QED) is 0.342. The Balaban J connectivity index is 3.70.